The van der Waals surface area contributed by atoms with Crippen LogP contribution in [0, 0.1) is 6.92 Å². The zero-order valence-corrected chi connectivity index (χ0v) is 11.1. The fourth-order valence-corrected chi connectivity index (χ4v) is 2.00. The number of hydrogen-bond acceptors (Lipinski definition) is 2. The number of aryl methyl sites for hydroxylation is 1. The van der Waals surface area contributed by atoms with Crippen LogP contribution >= 0.6 is 11.6 Å². The maximum Gasteiger partial charge on any atom is 0.349 e. The Kier molecular flexibility index (Phi) is 4.07. The minimum Gasteiger partial charge on any atom is -0.478 e. The van der Waals surface area contributed by atoms with Crippen LogP contribution in [0.25, 0.3) is 0 Å². The first-order chi connectivity index (χ1) is 9.08. The maximum absolute atomic E-state index is 11.3. The number of rotatable bonds is 4. The average Bonchev–Trinajstić information content (AvgIpc) is 2.38. The summed E-state index contributed by atoms with van der Waals surface area (Å²) in [6.45, 7) is 1.90. The Morgan fingerprint density at radius 3 is 2.47 bits per heavy atom. The van der Waals surface area contributed by atoms with Gasteiger partial charge in [0, 0.05) is 5.56 Å². The molecule has 0 aliphatic carbocycles. The molecule has 2 rings (SSSR count). The second-order valence-corrected chi connectivity index (χ2v) is 4.59. The summed E-state index contributed by atoms with van der Waals surface area (Å²) in [5.41, 5.74) is 1.57. The summed E-state index contributed by atoms with van der Waals surface area (Å²) in [5, 5.41) is 9.67. The van der Waals surface area contributed by atoms with Crippen molar-refractivity contribution in [3.8, 4) is 5.75 Å². The fraction of sp³-hybridized carbons (Fsp3) is 0.133. The molecule has 0 saturated carbocycles. The Labute approximate surface area is 116 Å². The molecule has 2 aromatic carbocycles. The summed E-state index contributed by atoms with van der Waals surface area (Å²) in [4.78, 5) is 11.3. The maximum atomic E-state index is 11.3. The number of carbonyl (C=O) groups is 1. The third-order valence-electron chi connectivity index (χ3n) is 2.66. The van der Waals surface area contributed by atoms with Gasteiger partial charge in [0.2, 0.25) is 6.10 Å². The van der Waals surface area contributed by atoms with E-state index in [4.69, 9.17) is 16.3 Å². The van der Waals surface area contributed by atoms with Crippen molar-refractivity contribution in [2.24, 2.45) is 0 Å². The van der Waals surface area contributed by atoms with Gasteiger partial charge in [-0.05, 0) is 24.6 Å². The van der Waals surface area contributed by atoms with Crippen molar-refractivity contribution in [2.45, 2.75) is 13.0 Å². The highest BCUT2D eigenvalue weighted by Gasteiger charge is 2.22. The number of halogens is 1. The molecule has 0 heterocycles. The van der Waals surface area contributed by atoms with E-state index >= 15 is 0 Å². The van der Waals surface area contributed by atoms with E-state index in [1.165, 1.54) is 0 Å². The van der Waals surface area contributed by atoms with Crippen LogP contribution in [-0.4, -0.2) is 11.1 Å². The van der Waals surface area contributed by atoms with Gasteiger partial charge in [-0.2, -0.15) is 0 Å². The Morgan fingerprint density at radius 2 is 1.89 bits per heavy atom. The highest BCUT2D eigenvalue weighted by Crippen LogP contribution is 2.30. The van der Waals surface area contributed by atoms with E-state index in [1.807, 2.05) is 19.1 Å². The molecule has 1 unspecified atom stereocenters. The second kappa shape index (κ2) is 5.76. The molecule has 98 valence electrons. The van der Waals surface area contributed by atoms with Crippen LogP contribution in [0.1, 0.15) is 17.2 Å². The lowest BCUT2D eigenvalue weighted by molar-refractivity contribution is -0.145. The van der Waals surface area contributed by atoms with Gasteiger partial charge in [0.15, 0.2) is 0 Å². The van der Waals surface area contributed by atoms with Crippen LogP contribution < -0.4 is 4.74 Å². The highest BCUT2D eigenvalue weighted by molar-refractivity contribution is 6.32. The lowest BCUT2D eigenvalue weighted by Gasteiger charge is -2.16. The number of benzene rings is 2. The molecule has 0 amide bonds. The summed E-state index contributed by atoms with van der Waals surface area (Å²) in [5.74, 6) is -0.689. The topological polar surface area (TPSA) is 46.5 Å². The van der Waals surface area contributed by atoms with Crippen LogP contribution in [0.15, 0.2) is 48.5 Å². The minimum absolute atomic E-state index is 0.364. The number of carboxylic acid groups (broad SMARTS) is 1. The van der Waals surface area contributed by atoms with Crippen molar-refractivity contribution in [1.82, 2.24) is 0 Å². The van der Waals surface area contributed by atoms with Gasteiger partial charge in [-0.25, -0.2) is 4.79 Å². The molecular formula is C15H13ClO3. The average molecular weight is 277 g/mol. The Morgan fingerprint density at radius 1 is 1.21 bits per heavy atom. The molecule has 0 aromatic heterocycles. The second-order valence-electron chi connectivity index (χ2n) is 4.18. The molecule has 1 N–H and O–H groups in total. The van der Waals surface area contributed by atoms with Crippen molar-refractivity contribution >= 4 is 17.6 Å². The van der Waals surface area contributed by atoms with E-state index in [2.05, 4.69) is 0 Å². The third-order valence-corrected chi connectivity index (χ3v) is 2.95. The summed E-state index contributed by atoms with van der Waals surface area (Å²) in [6, 6.07) is 14.0. The molecule has 0 radical (unpaired) electrons. The Balaban J connectivity index is 2.29. The van der Waals surface area contributed by atoms with Crippen LogP contribution in [-0.2, 0) is 4.79 Å². The monoisotopic (exact) mass is 276 g/mol. The van der Waals surface area contributed by atoms with Crippen molar-refractivity contribution in [1.29, 1.82) is 0 Å². The normalized spacial score (nSPS) is 11.9. The first kappa shape index (κ1) is 13.4. The molecule has 0 aliphatic heterocycles. The molecule has 0 aliphatic rings. The van der Waals surface area contributed by atoms with Gasteiger partial charge in [-0.15, -0.1) is 0 Å². The molecule has 1 atom stereocenters. The van der Waals surface area contributed by atoms with E-state index in [9.17, 15) is 9.90 Å². The van der Waals surface area contributed by atoms with Crippen molar-refractivity contribution in [2.75, 3.05) is 0 Å². The van der Waals surface area contributed by atoms with Gasteiger partial charge in [0.25, 0.3) is 0 Å². The largest absolute Gasteiger partial charge is 0.478 e. The van der Waals surface area contributed by atoms with Gasteiger partial charge in [0.05, 0.1) is 5.02 Å². The number of hydrogen-bond donors (Lipinski definition) is 1. The molecule has 2 aromatic rings. The summed E-state index contributed by atoms with van der Waals surface area (Å²) < 4.78 is 5.52. The molecular weight excluding hydrogens is 264 g/mol. The summed E-state index contributed by atoms with van der Waals surface area (Å²) in [7, 11) is 0. The summed E-state index contributed by atoms with van der Waals surface area (Å²) >= 11 is 6.05. The van der Waals surface area contributed by atoms with E-state index in [0.29, 0.717) is 16.3 Å². The Bertz CT molecular complexity index is 581. The molecule has 0 fully saturated rings. The van der Waals surface area contributed by atoms with Gasteiger partial charge in [-0.1, -0.05) is 48.0 Å². The van der Waals surface area contributed by atoms with E-state index in [1.54, 1.807) is 36.4 Å². The van der Waals surface area contributed by atoms with E-state index in [0.717, 1.165) is 5.56 Å². The number of aliphatic carboxylic acids is 1. The van der Waals surface area contributed by atoms with Gasteiger partial charge < -0.3 is 9.84 Å². The smallest absolute Gasteiger partial charge is 0.349 e. The van der Waals surface area contributed by atoms with Crippen molar-refractivity contribution in [3.63, 3.8) is 0 Å². The zero-order chi connectivity index (χ0) is 13.8. The van der Waals surface area contributed by atoms with Crippen LogP contribution in [0.5, 0.6) is 5.75 Å². The minimum atomic E-state index is -1.07. The SMILES string of the molecule is Cc1ccc(OC(C(=O)O)c2ccccc2)c(Cl)c1. The molecule has 0 bridgehead atoms. The molecule has 4 heteroatoms. The third kappa shape index (κ3) is 3.26. The predicted octanol–water partition coefficient (Wildman–Crippen LogP) is 3.85. The van der Waals surface area contributed by atoms with Crippen LogP contribution in [0.3, 0.4) is 0 Å². The van der Waals surface area contributed by atoms with Crippen LogP contribution in [0.4, 0.5) is 0 Å². The molecule has 0 spiro atoms. The van der Waals surface area contributed by atoms with Crippen LogP contribution in [0.2, 0.25) is 5.02 Å². The number of carboxylic acids is 1. The van der Waals surface area contributed by atoms with Gasteiger partial charge in [-0.3, -0.25) is 0 Å². The quantitative estimate of drug-likeness (QED) is 0.922. The van der Waals surface area contributed by atoms with Gasteiger partial charge in [0.1, 0.15) is 5.75 Å². The highest BCUT2D eigenvalue weighted by atomic mass is 35.5. The predicted molar refractivity (Wildman–Crippen MR) is 73.6 cm³/mol. The Hall–Kier alpha value is -2.00. The standard InChI is InChI=1S/C15H13ClO3/c1-10-7-8-13(12(16)9-10)19-14(15(17)18)11-5-3-2-4-6-11/h2-9,14H,1H3,(H,17,18). The lowest BCUT2D eigenvalue weighted by atomic mass is 10.1. The first-order valence-electron chi connectivity index (χ1n) is 5.78. The van der Waals surface area contributed by atoms with E-state index in [-0.39, 0.29) is 0 Å². The number of ether oxygens (including phenoxy) is 1. The van der Waals surface area contributed by atoms with Gasteiger partial charge >= 0.3 is 5.97 Å². The lowest BCUT2D eigenvalue weighted by Crippen LogP contribution is -2.18. The molecule has 3 nitrogen and oxygen atoms in total. The molecule has 0 saturated heterocycles. The first-order valence-corrected chi connectivity index (χ1v) is 6.16. The van der Waals surface area contributed by atoms with Crippen molar-refractivity contribution in [3.05, 3.63) is 64.7 Å². The molecule has 19 heavy (non-hydrogen) atoms. The fourth-order valence-electron chi connectivity index (χ4n) is 1.72. The van der Waals surface area contributed by atoms with Crippen molar-refractivity contribution < 1.29 is 14.6 Å². The van der Waals surface area contributed by atoms with E-state index < -0.39 is 12.1 Å². The summed E-state index contributed by atoms with van der Waals surface area (Å²) in [6.07, 6.45) is -1.07. The zero-order valence-electron chi connectivity index (χ0n) is 10.3.